The van der Waals surface area contributed by atoms with Crippen LogP contribution in [-0.2, 0) is 6.42 Å². The van der Waals surface area contributed by atoms with E-state index in [1.165, 1.54) is 0 Å². The van der Waals surface area contributed by atoms with Crippen LogP contribution in [0.3, 0.4) is 0 Å². The molecule has 1 N–H and O–H groups in total. The van der Waals surface area contributed by atoms with Crippen molar-refractivity contribution in [1.82, 2.24) is 9.97 Å². The molecule has 84 valence electrons. The number of aromatic nitrogens is 2. The van der Waals surface area contributed by atoms with Gasteiger partial charge in [-0.1, -0.05) is 6.92 Å². The molecule has 2 aromatic rings. The highest BCUT2D eigenvalue weighted by molar-refractivity contribution is 14.1. The Bertz CT molecular complexity index is 576. The number of rotatable bonds is 2. The van der Waals surface area contributed by atoms with Gasteiger partial charge in [0.05, 0.1) is 9.26 Å². The molecule has 0 aliphatic rings. The molecule has 0 radical (unpaired) electrons. The van der Waals surface area contributed by atoms with Crippen LogP contribution in [0.4, 0.5) is 0 Å². The van der Waals surface area contributed by atoms with Crippen molar-refractivity contribution in [2.24, 2.45) is 0 Å². The second-order valence-electron chi connectivity index (χ2n) is 3.13. The molecule has 0 aromatic carbocycles. The molecule has 0 atom stereocenters. The van der Waals surface area contributed by atoms with Crippen molar-refractivity contribution in [1.29, 1.82) is 0 Å². The fourth-order valence-corrected chi connectivity index (χ4v) is 2.24. The van der Waals surface area contributed by atoms with Gasteiger partial charge in [-0.15, -0.1) is 0 Å². The maximum atomic E-state index is 11.6. The molecule has 2 heterocycles. The zero-order valence-electron chi connectivity index (χ0n) is 8.38. The van der Waals surface area contributed by atoms with E-state index in [0.29, 0.717) is 19.8 Å². The molecule has 0 spiro atoms. The zero-order chi connectivity index (χ0) is 11.7. The number of nitrogens with one attached hydrogen (secondary N) is 1. The summed E-state index contributed by atoms with van der Waals surface area (Å²) in [6, 6.07) is 3.52. The summed E-state index contributed by atoms with van der Waals surface area (Å²) >= 11 is 5.21. The highest BCUT2D eigenvalue weighted by atomic mass is 127. The van der Waals surface area contributed by atoms with Crippen LogP contribution in [0.1, 0.15) is 12.6 Å². The van der Waals surface area contributed by atoms with Gasteiger partial charge in [-0.3, -0.25) is 4.79 Å². The number of aryl methyl sites for hydroxylation is 1. The Morgan fingerprint density at radius 1 is 1.56 bits per heavy atom. The van der Waals surface area contributed by atoms with Crippen LogP contribution in [0.2, 0.25) is 0 Å². The average Bonchev–Trinajstić information content (AvgIpc) is 2.69. The molecule has 0 bridgehead atoms. The van der Waals surface area contributed by atoms with Crippen molar-refractivity contribution in [2.45, 2.75) is 13.3 Å². The third-order valence-electron chi connectivity index (χ3n) is 2.07. The summed E-state index contributed by atoms with van der Waals surface area (Å²) in [5.41, 5.74) is 0.654. The van der Waals surface area contributed by atoms with Crippen molar-refractivity contribution < 1.29 is 4.42 Å². The van der Waals surface area contributed by atoms with Crippen molar-refractivity contribution in [3.63, 3.8) is 0 Å². The minimum atomic E-state index is -0.130. The molecule has 0 saturated carbocycles. The smallest absolute Gasteiger partial charge is 0.264 e. The van der Waals surface area contributed by atoms with Gasteiger partial charge in [0.25, 0.3) is 5.56 Å². The third-order valence-corrected chi connectivity index (χ3v) is 3.61. The third kappa shape index (κ3) is 2.22. The van der Waals surface area contributed by atoms with E-state index in [-0.39, 0.29) is 5.56 Å². The van der Waals surface area contributed by atoms with E-state index >= 15 is 0 Å². The van der Waals surface area contributed by atoms with E-state index in [1.54, 1.807) is 12.1 Å². The quantitative estimate of drug-likeness (QED) is 0.796. The van der Waals surface area contributed by atoms with Gasteiger partial charge >= 0.3 is 0 Å². The maximum absolute atomic E-state index is 11.6. The average molecular weight is 395 g/mol. The topological polar surface area (TPSA) is 58.9 Å². The fourth-order valence-electron chi connectivity index (χ4n) is 1.30. The lowest BCUT2D eigenvalue weighted by molar-refractivity contribution is 0.550. The highest BCUT2D eigenvalue weighted by Gasteiger charge is 2.11. The Morgan fingerprint density at radius 2 is 2.31 bits per heavy atom. The van der Waals surface area contributed by atoms with Crippen LogP contribution < -0.4 is 5.56 Å². The molecular weight excluding hydrogens is 387 g/mol. The Hall–Kier alpha value is -0.630. The minimum absolute atomic E-state index is 0.130. The molecule has 2 rings (SSSR count). The Balaban J connectivity index is 2.59. The lowest BCUT2D eigenvalue weighted by atomic mass is 10.3. The monoisotopic (exact) mass is 394 g/mol. The lowest BCUT2D eigenvalue weighted by Gasteiger charge is -2.02. The van der Waals surface area contributed by atoms with Crippen LogP contribution in [0.25, 0.3) is 11.6 Å². The van der Waals surface area contributed by atoms with Crippen LogP contribution in [0.15, 0.2) is 26.0 Å². The summed E-state index contributed by atoms with van der Waals surface area (Å²) in [5, 5.41) is 0. The lowest BCUT2D eigenvalue weighted by Crippen LogP contribution is -2.15. The number of nitrogens with zero attached hydrogens (tertiary/aromatic N) is 1. The van der Waals surface area contributed by atoms with E-state index in [4.69, 9.17) is 4.42 Å². The van der Waals surface area contributed by atoms with Gasteiger partial charge in [0.1, 0.15) is 0 Å². The van der Waals surface area contributed by atoms with Crippen LogP contribution in [0, 0.1) is 3.57 Å². The van der Waals surface area contributed by atoms with Gasteiger partial charge in [0.2, 0.25) is 0 Å². The summed E-state index contributed by atoms with van der Waals surface area (Å²) in [6.45, 7) is 1.96. The standard InChI is InChI=1S/C10H8BrIN2O2/c1-2-5-8(12)10(15)14-9(13-5)6-3-4-7(11)16-6/h3-4H,2H2,1H3,(H,13,14,15). The molecule has 0 amide bonds. The molecule has 6 heteroatoms. The molecule has 2 aromatic heterocycles. The molecule has 0 aliphatic heterocycles. The Labute approximate surface area is 114 Å². The van der Waals surface area contributed by atoms with Gasteiger partial charge in [-0.2, -0.15) is 0 Å². The minimum Gasteiger partial charge on any atom is -0.446 e. The number of hydrogen-bond donors (Lipinski definition) is 1. The first-order valence-corrected chi connectivity index (χ1v) is 6.53. The summed E-state index contributed by atoms with van der Waals surface area (Å²) in [4.78, 5) is 18.7. The number of furan rings is 1. The van der Waals surface area contributed by atoms with Gasteiger partial charge in [0.15, 0.2) is 16.3 Å². The van der Waals surface area contributed by atoms with Crippen molar-refractivity contribution in [3.8, 4) is 11.6 Å². The van der Waals surface area contributed by atoms with Crippen molar-refractivity contribution in [2.75, 3.05) is 0 Å². The predicted molar refractivity (Wildman–Crippen MR) is 72.4 cm³/mol. The molecule has 0 fully saturated rings. The first kappa shape index (κ1) is 11.8. The second-order valence-corrected chi connectivity index (χ2v) is 4.99. The zero-order valence-corrected chi connectivity index (χ0v) is 12.1. The predicted octanol–water partition coefficient (Wildman–Crippen LogP) is 2.96. The number of hydrogen-bond acceptors (Lipinski definition) is 3. The second kappa shape index (κ2) is 4.70. The van der Waals surface area contributed by atoms with Gasteiger partial charge in [-0.05, 0) is 57.1 Å². The number of halogens is 2. The highest BCUT2D eigenvalue weighted by Crippen LogP contribution is 2.22. The largest absolute Gasteiger partial charge is 0.446 e. The van der Waals surface area contributed by atoms with Crippen LogP contribution in [-0.4, -0.2) is 9.97 Å². The van der Waals surface area contributed by atoms with Crippen molar-refractivity contribution >= 4 is 38.5 Å². The Kier molecular flexibility index (Phi) is 3.48. The molecular formula is C10H8BrIN2O2. The van der Waals surface area contributed by atoms with Crippen LogP contribution >= 0.6 is 38.5 Å². The summed E-state index contributed by atoms with van der Waals surface area (Å²) in [5.74, 6) is 1.02. The first-order chi connectivity index (χ1) is 7.61. The van der Waals surface area contributed by atoms with Crippen LogP contribution in [0.5, 0.6) is 0 Å². The molecule has 0 unspecified atom stereocenters. The molecule has 0 saturated heterocycles. The van der Waals surface area contributed by atoms with Gasteiger partial charge < -0.3 is 9.40 Å². The summed E-state index contributed by atoms with van der Waals surface area (Å²) in [7, 11) is 0. The van der Waals surface area contributed by atoms with E-state index in [1.807, 2.05) is 29.5 Å². The van der Waals surface area contributed by atoms with E-state index in [2.05, 4.69) is 25.9 Å². The normalized spacial score (nSPS) is 10.7. The Morgan fingerprint density at radius 3 is 2.88 bits per heavy atom. The molecule has 16 heavy (non-hydrogen) atoms. The van der Waals surface area contributed by atoms with E-state index < -0.39 is 0 Å². The maximum Gasteiger partial charge on any atom is 0.264 e. The molecule has 0 aliphatic carbocycles. The number of aromatic amines is 1. The summed E-state index contributed by atoms with van der Waals surface area (Å²) in [6.07, 6.45) is 0.719. The fraction of sp³-hybridized carbons (Fsp3) is 0.200. The first-order valence-electron chi connectivity index (χ1n) is 4.66. The van der Waals surface area contributed by atoms with E-state index in [0.717, 1.165) is 12.1 Å². The SMILES string of the molecule is CCc1nc(-c2ccc(Br)o2)[nH]c(=O)c1I. The van der Waals surface area contributed by atoms with Gasteiger partial charge in [-0.25, -0.2) is 4.98 Å². The van der Waals surface area contributed by atoms with E-state index in [9.17, 15) is 4.79 Å². The van der Waals surface area contributed by atoms with Crippen molar-refractivity contribution in [3.05, 3.63) is 36.4 Å². The summed E-state index contributed by atoms with van der Waals surface area (Å²) < 4.78 is 6.59. The number of H-pyrrole nitrogens is 1. The van der Waals surface area contributed by atoms with Gasteiger partial charge in [0, 0.05) is 0 Å². The molecule has 4 nitrogen and oxygen atoms in total.